The highest BCUT2D eigenvalue weighted by molar-refractivity contribution is 7.88. The zero-order chi connectivity index (χ0) is 12.2. The number of nitrogens with zero attached hydrogens (tertiary/aromatic N) is 1. The Balaban J connectivity index is 2.28. The zero-order valence-corrected chi connectivity index (χ0v) is 11.3. The molecule has 0 fully saturated rings. The molecule has 0 amide bonds. The van der Waals surface area contributed by atoms with Crippen molar-refractivity contribution in [1.82, 2.24) is 15.0 Å². The molecule has 0 aliphatic rings. The Morgan fingerprint density at radius 2 is 2.19 bits per heavy atom. The van der Waals surface area contributed by atoms with Gasteiger partial charge in [-0.05, 0) is 13.8 Å². The average molecular weight is 263 g/mol. The Morgan fingerprint density at radius 1 is 1.50 bits per heavy atom. The van der Waals surface area contributed by atoms with Crippen molar-refractivity contribution >= 4 is 21.4 Å². The van der Waals surface area contributed by atoms with E-state index >= 15 is 0 Å². The summed E-state index contributed by atoms with van der Waals surface area (Å²) < 4.78 is 24.0. The van der Waals surface area contributed by atoms with Gasteiger partial charge >= 0.3 is 0 Å². The molecule has 0 aromatic carbocycles. The Hall–Kier alpha value is -0.500. The Bertz CT molecular complexity index is 428. The molecular weight excluding hydrogens is 246 g/mol. The van der Waals surface area contributed by atoms with Crippen molar-refractivity contribution < 1.29 is 8.42 Å². The molecule has 1 atom stereocenters. The summed E-state index contributed by atoms with van der Waals surface area (Å²) in [6.45, 7) is 4.96. The minimum atomic E-state index is -3.09. The number of rotatable bonds is 6. The van der Waals surface area contributed by atoms with E-state index in [9.17, 15) is 8.42 Å². The topological polar surface area (TPSA) is 71.1 Å². The van der Waals surface area contributed by atoms with Crippen LogP contribution in [0.2, 0.25) is 0 Å². The average Bonchev–Trinajstić information content (AvgIpc) is 2.57. The second-order valence-electron chi connectivity index (χ2n) is 3.63. The number of thiazole rings is 1. The van der Waals surface area contributed by atoms with Gasteiger partial charge in [0, 0.05) is 24.5 Å². The van der Waals surface area contributed by atoms with Crippen molar-refractivity contribution in [3.8, 4) is 0 Å². The highest BCUT2D eigenvalue weighted by Crippen LogP contribution is 2.14. The SMILES string of the molecule is Cc1nc(C(C)NCCNS(C)(=O)=O)cs1. The maximum Gasteiger partial charge on any atom is 0.208 e. The Labute approximate surface area is 100 Å². The molecular formula is C9H17N3O2S2. The lowest BCUT2D eigenvalue weighted by Crippen LogP contribution is -2.32. The predicted octanol–water partition coefficient (Wildman–Crippen LogP) is 0.651. The van der Waals surface area contributed by atoms with Crippen molar-refractivity contribution in [1.29, 1.82) is 0 Å². The molecule has 2 N–H and O–H groups in total. The molecule has 0 aliphatic heterocycles. The van der Waals surface area contributed by atoms with Gasteiger partial charge in [-0.15, -0.1) is 11.3 Å². The van der Waals surface area contributed by atoms with Crippen LogP contribution in [0.3, 0.4) is 0 Å². The number of aromatic nitrogens is 1. The first kappa shape index (κ1) is 13.6. The largest absolute Gasteiger partial charge is 0.308 e. The zero-order valence-electron chi connectivity index (χ0n) is 9.65. The molecule has 0 spiro atoms. The highest BCUT2D eigenvalue weighted by atomic mass is 32.2. The summed E-state index contributed by atoms with van der Waals surface area (Å²) in [5.41, 5.74) is 1.00. The van der Waals surface area contributed by atoms with Gasteiger partial charge in [0.15, 0.2) is 0 Å². The van der Waals surface area contributed by atoms with Gasteiger partial charge in [0.05, 0.1) is 17.0 Å². The number of nitrogens with one attached hydrogen (secondary N) is 2. The summed E-state index contributed by atoms with van der Waals surface area (Å²) in [6.07, 6.45) is 1.15. The van der Waals surface area contributed by atoms with Crippen LogP contribution >= 0.6 is 11.3 Å². The fraction of sp³-hybridized carbons (Fsp3) is 0.667. The fourth-order valence-corrected chi connectivity index (χ4v) is 2.39. The van der Waals surface area contributed by atoms with Crippen molar-refractivity contribution in [2.75, 3.05) is 19.3 Å². The van der Waals surface area contributed by atoms with Crippen LogP contribution in [-0.4, -0.2) is 32.7 Å². The van der Waals surface area contributed by atoms with Crippen molar-refractivity contribution in [2.24, 2.45) is 0 Å². The van der Waals surface area contributed by atoms with Crippen LogP contribution in [0.4, 0.5) is 0 Å². The summed E-state index contributed by atoms with van der Waals surface area (Å²) in [5, 5.41) is 6.25. The molecule has 1 heterocycles. The lowest BCUT2D eigenvalue weighted by molar-refractivity contribution is 0.550. The molecule has 0 radical (unpaired) electrons. The smallest absolute Gasteiger partial charge is 0.208 e. The second kappa shape index (κ2) is 5.72. The van der Waals surface area contributed by atoms with E-state index in [1.807, 2.05) is 19.2 Å². The monoisotopic (exact) mass is 263 g/mol. The molecule has 1 aromatic heterocycles. The fourth-order valence-electron chi connectivity index (χ4n) is 1.21. The normalized spacial score (nSPS) is 13.9. The summed E-state index contributed by atoms with van der Waals surface area (Å²) in [5.74, 6) is 0. The molecule has 16 heavy (non-hydrogen) atoms. The van der Waals surface area contributed by atoms with Crippen LogP contribution in [0.5, 0.6) is 0 Å². The van der Waals surface area contributed by atoms with Gasteiger partial charge in [0.25, 0.3) is 0 Å². The lowest BCUT2D eigenvalue weighted by Gasteiger charge is -2.11. The van der Waals surface area contributed by atoms with Gasteiger partial charge in [-0.1, -0.05) is 0 Å². The molecule has 0 aliphatic carbocycles. The summed E-state index contributed by atoms with van der Waals surface area (Å²) in [7, 11) is -3.09. The lowest BCUT2D eigenvalue weighted by atomic mass is 10.2. The predicted molar refractivity (Wildman–Crippen MR) is 66.1 cm³/mol. The number of sulfonamides is 1. The maximum atomic E-state index is 10.8. The molecule has 0 saturated heterocycles. The number of aryl methyl sites for hydroxylation is 1. The molecule has 0 saturated carbocycles. The minimum absolute atomic E-state index is 0.145. The molecule has 7 heteroatoms. The van der Waals surface area contributed by atoms with Crippen molar-refractivity contribution in [3.05, 3.63) is 16.1 Å². The van der Waals surface area contributed by atoms with E-state index in [0.29, 0.717) is 13.1 Å². The van der Waals surface area contributed by atoms with E-state index in [0.717, 1.165) is 17.0 Å². The van der Waals surface area contributed by atoms with Crippen LogP contribution < -0.4 is 10.0 Å². The first-order valence-corrected chi connectivity index (χ1v) is 7.75. The summed E-state index contributed by atoms with van der Waals surface area (Å²) in [6, 6.07) is 0.145. The quantitative estimate of drug-likeness (QED) is 0.739. The third-order valence-corrected chi connectivity index (χ3v) is 3.54. The molecule has 92 valence electrons. The van der Waals surface area contributed by atoms with Crippen LogP contribution in [0.25, 0.3) is 0 Å². The highest BCUT2D eigenvalue weighted by Gasteiger charge is 2.07. The van der Waals surface area contributed by atoms with Gasteiger partial charge in [0.1, 0.15) is 0 Å². The maximum absolute atomic E-state index is 10.8. The van der Waals surface area contributed by atoms with Crippen molar-refractivity contribution in [2.45, 2.75) is 19.9 Å². The second-order valence-corrected chi connectivity index (χ2v) is 6.53. The molecule has 1 unspecified atom stereocenters. The molecule has 0 bridgehead atoms. The third-order valence-electron chi connectivity index (χ3n) is 2.02. The molecule has 5 nitrogen and oxygen atoms in total. The van der Waals surface area contributed by atoms with Gasteiger partial charge in [-0.2, -0.15) is 0 Å². The van der Waals surface area contributed by atoms with Gasteiger partial charge < -0.3 is 5.32 Å². The summed E-state index contributed by atoms with van der Waals surface area (Å²) >= 11 is 1.61. The van der Waals surface area contributed by atoms with E-state index in [1.54, 1.807) is 11.3 Å². The number of hydrogen-bond acceptors (Lipinski definition) is 5. The van der Waals surface area contributed by atoms with Crippen LogP contribution in [0, 0.1) is 6.92 Å². The first-order valence-electron chi connectivity index (χ1n) is 4.98. The van der Waals surface area contributed by atoms with E-state index in [1.165, 1.54) is 0 Å². The van der Waals surface area contributed by atoms with E-state index in [2.05, 4.69) is 15.0 Å². The van der Waals surface area contributed by atoms with E-state index in [-0.39, 0.29) is 6.04 Å². The molecule has 1 rings (SSSR count). The van der Waals surface area contributed by atoms with E-state index in [4.69, 9.17) is 0 Å². The van der Waals surface area contributed by atoms with E-state index < -0.39 is 10.0 Å². The van der Waals surface area contributed by atoms with Crippen LogP contribution in [0.15, 0.2) is 5.38 Å². The third kappa shape index (κ3) is 5.02. The Kier molecular flexibility index (Phi) is 4.85. The standard InChI is InChI=1S/C9H17N3O2S2/c1-7(9-6-15-8(2)12-9)10-4-5-11-16(3,13)14/h6-7,10-11H,4-5H2,1-3H3. The van der Waals surface area contributed by atoms with Crippen LogP contribution in [0.1, 0.15) is 23.7 Å². The van der Waals surface area contributed by atoms with Gasteiger partial charge in [-0.25, -0.2) is 18.1 Å². The molecule has 1 aromatic rings. The first-order chi connectivity index (χ1) is 7.38. The number of hydrogen-bond donors (Lipinski definition) is 2. The summed E-state index contributed by atoms with van der Waals surface area (Å²) in [4.78, 5) is 4.36. The van der Waals surface area contributed by atoms with Crippen molar-refractivity contribution in [3.63, 3.8) is 0 Å². The minimum Gasteiger partial charge on any atom is -0.308 e. The van der Waals surface area contributed by atoms with Gasteiger partial charge in [0.2, 0.25) is 10.0 Å². The van der Waals surface area contributed by atoms with Crippen LogP contribution in [-0.2, 0) is 10.0 Å². The Morgan fingerprint density at radius 3 is 2.69 bits per heavy atom. The van der Waals surface area contributed by atoms with Gasteiger partial charge in [-0.3, -0.25) is 0 Å².